The third-order valence-electron chi connectivity index (χ3n) is 3.76. The highest BCUT2D eigenvalue weighted by atomic mass is 19.1. The fourth-order valence-corrected chi connectivity index (χ4v) is 2.38. The standard InChI is InChI=1S/C18H18FN3O4/c1-2-3-12-20-18(19)17(13-4-8-15(9-5-13)21(23)24)14-6-10-16(11-7-14)22(25)26/h4-11,20H,2-3,12H2,1H3. The molecular weight excluding hydrogens is 341 g/mol. The van der Waals surface area contributed by atoms with Gasteiger partial charge in [-0.25, -0.2) is 0 Å². The summed E-state index contributed by atoms with van der Waals surface area (Å²) in [7, 11) is 0. The van der Waals surface area contributed by atoms with Crippen molar-refractivity contribution in [3.63, 3.8) is 0 Å². The molecule has 7 nitrogen and oxygen atoms in total. The van der Waals surface area contributed by atoms with E-state index < -0.39 is 15.8 Å². The number of hydrogen-bond donors (Lipinski definition) is 1. The average Bonchev–Trinajstić information content (AvgIpc) is 2.63. The number of benzene rings is 2. The lowest BCUT2D eigenvalue weighted by Crippen LogP contribution is -2.14. The molecule has 0 radical (unpaired) electrons. The molecule has 2 aromatic rings. The maximum Gasteiger partial charge on any atom is 0.269 e. The van der Waals surface area contributed by atoms with Gasteiger partial charge in [-0.15, -0.1) is 0 Å². The van der Waals surface area contributed by atoms with Crippen molar-refractivity contribution in [2.75, 3.05) is 6.54 Å². The van der Waals surface area contributed by atoms with Crippen molar-refractivity contribution in [3.05, 3.63) is 85.8 Å². The minimum Gasteiger partial charge on any atom is -0.361 e. The summed E-state index contributed by atoms with van der Waals surface area (Å²) in [5.41, 5.74) is 0.870. The molecule has 0 amide bonds. The minimum atomic E-state index is -0.582. The maximum atomic E-state index is 14.8. The van der Waals surface area contributed by atoms with E-state index in [0.717, 1.165) is 12.8 Å². The van der Waals surface area contributed by atoms with Crippen molar-refractivity contribution in [1.82, 2.24) is 5.32 Å². The number of nitro benzene ring substituents is 2. The van der Waals surface area contributed by atoms with E-state index >= 15 is 0 Å². The van der Waals surface area contributed by atoms with Gasteiger partial charge < -0.3 is 5.32 Å². The first-order valence-electron chi connectivity index (χ1n) is 8.07. The van der Waals surface area contributed by atoms with Crippen LogP contribution < -0.4 is 5.32 Å². The van der Waals surface area contributed by atoms with Crippen LogP contribution in [0.5, 0.6) is 0 Å². The van der Waals surface area contributed by atoms with Gasteiger partial charge in [0, 0.05) is 36.4 Å². The summed E-state index contributed by atoms with van der Waals surface area (Å²) in [6, 6.07) is 11.0. The summed E-state index contributed by atoms with van der Waals surface area (Å²) in [4.78, 5) is 20.5. The monoisotopic (exact) mass is 359 g/mol. The second-order valence-electron chi connectivity index (χ2n) is 5.58. The molecule has 26 heavy (non-hydrogen) atoms. The van der Waals surface area contributed by atoms with Crippen LogP contribution in [0, 0.1) is 20.2 Å². The molecule has 0 aliphatic carbocycles. The summed E-state index contributed by atoms with van der Waals surface area (Å²) >= 11 is 0. The van der Waals surface area contributed by atoms with Crippen molar-refractivity contribution < 1.29 is 14.2 Å². The Morgan fingerprint density at radius 1 is 0.923 bits per heavy atom. The van der Waals surface area contributed by atoms with E-state index in [1.54, 1.807) is 0 Å². The molecule has 2 aromatic carbocycles. The normalized spacial score (nSPS) is 10.2. The van der Waals surface area contributed by atoms with E-state index in [1.165, 1.54) is 48.5 Å². The largest absolute Gasteiger partial charge is 0.361 e. The van der Waals surface area contributed by atoms with E-state index in [1.807, 2.05) is 6.92 Å². The first-order chi connectivity index (χ1) is 12.4. The van der Waals surface area contributed by atoms with Gasteiger partial charge in [-0.05, 0) is 41.8 Å². The van der Waals surface area contributed by atoms with Gasteiger partial charge in [-0.2, -0.15) is 4.39 Å². The molecule has 1 N–H and O–H groups in total. The summed E-state index contributed by atoms with van der Waals surface area (Å²) in [5, 5.41) is 24.3. The zero-order valence-corrected chi connectivity index (χ0v) is 14.1. The molecule has 0 aliphatic heterocycles. The van der Waals surface area contributed by atoms with Gasteiger partial charge in [0.1, 0.15) is 0 Å². The highest BCUT2D eigenvalue weighted by Gasteiger charge is 2.15. The summed E-state index contributed by atoms with van der Waals surface area (Å²) in [5.74, 6) is -0.582. The quantitative estimate of drug-likeness (QED) is 0.322. The Hall–Kier alpha value is -3.29. The van der Waals surface area contributed by atoms with E-state index in [0.29, 0.717) is 17.7 Å². The number of nitrogens with one attached hydrogen (secondary N) is 1. The van der Waals surface area contributed by atoms with E-state index in [-0.39, 0.29) is 16.9 Å². The third kappa shape index (κ3) is 4.62. The van der Waals surface area contributed by atoms with Crippen LogP contribution in [-0.4, -0.2) is 16.4 Å². The van der Waals surface area contributed by atoms with Crippen LogP contribution in [0.2, 0.25) is 0 Å². The Kier molecular flexibility index (Phi) is 6.37. The molecule has 136 valence electrons. The Morgan fingerprint density at radius 3 is 1.69 bits per heavy atom. The number of nitrogens with zero attached hydrogens (tertiary/aromatic N) is 2. The molecule has 0 fully saturated rings. The summed E-state index contributed by atoms with van der Waals surface area (Å²) in [6.07, 6.45) is 1.67. The molecule has 0 atom stereocenters. The molecule has 2 rings (SSSR count). The number of rotatable bonds is 8. The molecule has 0 saturated carbocycles. The van der Waals surface area contributed by atoms with E-state index in [9.17, 15) is 24.6 Å². The van der Waals surface area contributed by atoms with Gasteiger partial charge in [0.05, 0.1) is 9.85 Å². The Labute approximate surface area is 149 Å². The number of nitro groups is 2. The number of halogens is 1. The van der Waals surface area contributed by atoms with Crippen LogP contribution in [0.25, 0.3) is 5.57 Å². The van der Waals surface area contributed by atoms with Crippen LogP contribution in [0.4, 0.5) is 15.8 Å². The zero-order valence-electron chi connectivity index (χ0n) is 14.1. The highest BCUT2D eigenvalue weighted by molar-refractivity contribution is 5.81. The SMILES string of the molecule is CCCCNC(F)=C(c1ccc([N+](=O)[O-])cc1)c1ccc([N+](=O)[O-])cc1. The van der Waals surface area contributed by atoms with E-state index in [4.69, 9.17) is 0 Å². The van der Waals surface area contributed by atoms with Gasteiger partial charge in [0.2, 0.25) is 0 Å². The van der Waals surface area contributed by atoms with Gasteiger partial charge in [0.25, 0.3) is 11.4 Å². The van der Waals surface area contributed by atoms with Crippen LogP contribution in [0.1, 0.15) is 30.9 Å². The lowest BCUT2D eigenvalue weighted by atomic mass is 9.98. The van der Waals surface area contributed by atoms with Crippen molar-refractivity contribution in [2.45, 2.75) is 19.8 Å². The zero-order chi connectivity index (χ0) is 19.1. The summed E-state index contributed by atoms with van der Waals surface area (Å²) < 4.78 is 14.8. The van der Waals surface area contributed by atoms with E-state index in [2.05, 4.69) is 5.32 Å². The van der Waals surface area contributed by atoms with Gasteiger partial charge in [-0.1, -0.05) is 13.3 Å². The molecule has 0 aromatic heterocycles. The summed E-state index contributed by atoms with van der Waals surface area (Å²) in [6.45, 7) is 2.42. The first-order valence-corrected chi connectivity index (χ1v) is 8.07. The smallest absolute Gasteiger partial charge is 0.269 e. The lowest BCUT2D eigenvalue weighted by Gasteiger charge is -2.12. The number of unbranched alkanes of at least 4 members (excludes halogenated alkanes) is 1. The number of hydrogen-bond acceptors (Lipinski definition) is 5. The molecule has 0 unspecified atom stereocenters. The fraction of sp³-hybridized carbons (Fsp3) is 0.222. The van der Waals surface area contributed by atoms with Crippen molar-refractivity contribution in [3.8, 4) is 0 Å². The van der Waals surface area contributed by atoms with Crippen LogP contribution >= 0.6 is 0 Å². The maximum absolute atomic E-state index is 14.8. The molecule has 0 bridgehead atoms. The predicted octanol–water partition coefficient (Wildman–Crippen LogP) is 4.58. The van der Waals surface area contributed by atoms with Crippen molar-refractivity contribution in [1.29, 1.82) is 0 Å². The molecule has 8 heteroatoms. The number of non-ortho nitro benzene ring substituents is 2. The lowest BCUT2D eigenvalue weighted by molar-refractivity contribution is -0.385. The molecule has 0 aliphatic rings. The second kappa shape index (κ2) is 8.70. The molecule has 0 saturated heterocycles. The Balaban J connectivity index is 2.46. The second-order valence-corrected chi connectivity index (χ2v) is 5.58. The van der Waals surface area contributed by atoms with Gasteiger partial charge >= 0.3 is 0 Å². The van der Waals surface area contributed by atoms with Crippen LogP contribution in [0.15, 0.2) is 54.5 Å². The van der Waals surface area contributed by atoms with Gasteiger partial charge in [0.15, 0.2) is 5.95 Å². The predicted molar refractivity (Wildman–Crippen MR) is 96.2 cm³/mol. The Bertz CT molecular complexity index is 758. The first kappa shape index (κ1) is 19.0. The molecule has 0 heterocycles. The average molecular weight is 359 g/mol. The van der Waals surface area contributed by atoms with Gasteiger partial charge in [-0.3, -0.25) is 20.2 Å². The van der Waals surface area contributed by atoms with Crippen LogP contribution in [-0.2, 0) is 0 Å². The third-order valence-corrected chi connectivity index (χ3v) is 3.76. The van der Waals surface area contributed by atoms with Crippen molar-refractivity contribution in [2.24, 2.45) is 0 Å². The Morgan fingerprint density at radius 2 is 1.35 bits per heavy atom. The molecular formula is C18H18FN3O4. The minimum absolute atomic E-state index is 0.101. The topological polar surface area (TPSA) is 98.3 Å². The highest BCUT2D eigenvalue weighted by Crippen LogP contribution is 2.29. The van der Waals surface area contributed by atoms with Crippen LogP contribution in [0.3, 0.4) is 0 Å². The van der Waals surface area contributed by atoms with Crippen molar-refractivity contribution >= 4 is 16.9 Å². The fourth-order valence-electron chi connectivity index (χ4n) is 2.38. The molecule has 0 spiro atoms.